The number of carbonyl (C=O) groups excluding carboxylic acids is 1. The fourth-order valence-electron chi connectivity index (χ4n) is 0.915. The van der Waals surface area contributed by atoms with Gasteiger partial charge in [-0.2, -0.15) is 13.2 Å². The first kappa shape index (κ1) is 23.4. The molecular formula is C10H13F3N2O9. The number of halogens is 3. The van der Waals surface area contributed by atoms with Crippen LogP contribution >= 0.6 is 0 Å². The van der Waals surface area contributed by atoms with Gasteiger partial charge in [-0.1, -0.05) is 0 Å². The second-order valence-electron chi connectivity index (χ2n) is 4.01. The number of nitrogens with one attached hydrogen (secondary N) is 1. The van der Waals surface area contributed by atoms with E-state index in [1.54, 1.807) is 0 Å². The molecule has 0 aromatic heterocycles. The predicted octanol–water partition coefficient (Wildman–Crippen LogP) is -1.53. The Morgan fingerprint density at radius 3 is 1.58 bits per heavy atom. The zero-order chi connectivity index (χ0) is 19.7. The Kier molecular flexibility index (Phi) is 9.72. The molecule has 2 atom stereocenters. The fraction of sp³-hybridized carbons (Fsp3) is 0.500. The van der Waals surface area contributed by atoms with Crippen molar-refractivity contribution < 1.29 is 57.6 Å². The van der Waals surface area contributed by atoms with Crippen LogP contribution < -0.4 is 11.1 Å². The minimum atomic E-state index is -5.08. The van der Waals surface area contributed by atoms with Crippen molar-refractivity contribution in [3.8, 4) is 0 Å². The van der Waals surface area contributed by atoms with Crippen LogP contribution in [0.15, 0.2) is 0 Å². The monoisotopic (exact) mass is 362 g/mol. The molecule has 0 bridgehead atoms. The van der Waals surface area contributed by atoms with Crippen LogP contribution in [0, 0.1) is 0 Å². The molecule has 0 aliphatic carbocycles. The molecular weight excluding hydrogens is 349 g/mol. The standard InChI is InChI=1S/C8H12N2O7.C2HF3O2/c9-3(7(14)15)1-5(11)10-4(8(16)17)2-6(12)13;3-2(4,5)1(6)7/h3-4H,1-2,9H2,(H,10,11)(H,12,13)(H,14,15)(H,16,17);(H,6,7)/t3-,4-;/m0./s1. The number of carboxylic acid groups (broad SMARTS) is 4. The number of carbonyl (C=O) groups is 5. The van der Waals surface area contributed by atoms with Crippen molar-refractivity contribution in [3.63, 3.8) is 0 Å². The van der Waals surface area contributed by atoms with Crippen LogP contribution in [0.3, 0.4) is 0 Å². The molecule has 14 heteroatoms. The van der Waals surface area contributed by atoms with Crippen molar-refractivity contribution >= 4 is 29.8 Å². The highest BCUT2D eigenvalue weighted by molar-refractivity contribution is 5.89. The maximum atomic E-state index is 11.1. The van der Waals surface area contributed by atoms with Crippen LogP contribution in [-0.4, -0.2) is 68.5 Å². The molecule has 0 aromatic carbocycles. The average molecular weight is 362 g/mol. The Balaban J connectivity index is 0. The highest BCUT2D eigenvalue weighted by atomic mass is 19.4. The van der Waals surface area contributed by atoms with E-state index < -0.39 is 60.9 Å². The molecule has 7 N–H and O–H groups in total. The van der Waals surface area contributed by atoms with Gasteiger partial charge in [-0.15, -0.1) is 0 Å². The highest BCUT2D eigenvalue weighted by Crippen LogP contribution is 2.13. The third kappa shape index (κ3) is 11.7. The lowest BCUT2D eigenvalue weighted by Gasteiger charge is -2.13. The zero-order valence-electron chi connectivity index (χ0n) is 11.6. The number of carboxylic acids is 4. The molecule has 138 valence electrons. The Hall–Kier alpha value is -2.90. The van der Waals surface area contributed by atoms with Crippen LogP contribution in [0.1, 0.15) is 12.8 Å². The molecule has 0 unspecified atom stereocenters. The van der Waals surface area contributed by atoms with Gasteiger partial charge in [0.2, 0.25) is 5.91 Å². The van der Waals surface area contributed by atoms with Gasteiger partial charge in [0, 0.05) is 0 Å². The summed E-state index contributed by atoms with van der Waals surface area (Å²) in [6.45, 7) is 0. The van der Waals surface area contributed by atoms with E-state index in [-0.39, 0.29) is 0 Å². The summed E-state index contributed by atoms with van der Waals surface area (Å²) in [6.07, 6.45) is -6.51. The molecule has 0 aliphatic rings. The number of amides is 1. The molecule has 0 saturated carbocycles. The quantitative estimate of drug-likeness (QED) is 0.308. The van der Waals surface area contributed by atoms with E-state index in [0.717, 1.165) is 0 Å². The van der Waals surface area contributed by atoms with E-state index in [9.17, 15) is 32.3 Å². The van der Waals surface area contributed by atoms with E-state index in [1.807, 2.05) is 5.32 Å². The minimum absolute atomic E-state index is 0.626. The Morgan fingerprint density at radius 2 is 1.33 bits per heavy atom. The van der Waals surface area contributed by atoms with Crippen molar-refractivity contribution in [1.82, 2.24) is 5.32 Å². The Morgan fingerprint density at radius 1 is 0.917 bits per heavy atom. The van der Waals surface area contributed by atoms with Gasteiger partial charge in [-0.3, -0.25) is 14.4 Å². The van der Waals surface area contributed by atoms with Crippen LogP contribution in [0.2, 0.25) is 0 Å². The Bertz CT molecular complexity index is 506. The number of hydrogen-bond acceptors (Lipinski definition) is 6. The van der Waals surface area contributed by atoms with Crippen molar-refractivity contribution in [2.75, 3.05) is 0 Å². The summed E-state index contributed by atoms with van der Waals surface area (Å²) in [5, 5.41) is 34.4. The van der Waals surface area contributed by atoms with Gasteiger partial charge in [0.05, 0.1) is 12.8 Å². The third-order valence-corrected chi connectivity index (χ3v) is 1.98. The lowest BCUT2D eigenvalue weighted by Crippen LogP contribution is -2.45. The molecule has 0 fully saturated rings. The number of rotatable bonds is 7. The summed E-state index contributed by atoms with van der Waals surface area (Å²) in [7, 11) is 0. The maximum Gasteiger partial charge on any atom is 0.490 e. The molecule has 1 amide bonds. The second-order valence-corrected chi connectivity index (χ2v) is 4.01. The molecule has 0 rings (SSSR count). The van der Waals surface area contributed by atoms with Crippen LogP contribution in [0.5, 0.6) is 0 Å². The number of nitrogens with two attached hydrogens (primary N) is 1. The first-order valence-electron chi connectivity index (χ1n) is 5.70. The van der Waals surface area contributed by atoms with Gasteiger partial charge in [0.1, 0.15) is 12.1 Å². The van der Waals surface area contributed by atoms with E-state index in [1.165, 1.54) is 0 Å². The number of alkyl halides is 3. The van der Waals surface area contributed by atoms with Gasteiger partial charge in [0.15, 0.2) is 0 Å². The van der Waals surface area contributed by atoms with Gasteiger partial charge < -0.3 is 31.5 Å². The third-order valence-electron chi connectivity index (χ3n) is 1.98. The molecule has 11 nitrogen and oxygen atoms in total. The normalized spacial score (nSPS) is 12.8. The summed E-state index contributed by atoms with van der Waals surface area (Å²) < 4.78 is 31.7. The van der Waals surface area contributed by atoms with E-state index in [0.29, 0.717) is 0 Å². The summed E-state index contributed by atoms with van der Waals surface area (Å²) in [6, 6.07) is -3.07. The van der Waals surface area contributed by atoms with Crippen molar-refractivity contribution in [2.24, 2.45) is 5.73 Å². The van der Waals surface area contributed by atoms with Crippen LogP contribution in [0.25, 0.3) is 0 Å². The number of hydrogen-bond donors (Lipinski definition) is 6. The van der Waals surface area contributed by atoms with Crippen molar-refractivity contribution in [1.29, 1.82) is 0 Å². The second kappa shape index (κ2) is 9.98. The topological polar surface area (TPSA) is 204 Å². The predicted molar refractivity (Wildman–Crippen MR) is 65.7 cm³/mol. The van der Waals surface area contributed by atoms with E-state index >= 15 is 0 Å². The average Bonchev–Trinajstić information content (AvgIpc) is 2.36. The first-order chi connectivity index (χ1) is 10.7. The molecule has 24 heavy (non-hydrogen) atoms. The van der Waals surface area contributed by atoms with Gasteiger partial charge in [0.25, 0.3) is 0 Å². The van der Waals surface area contributed by atoms with Gasteiger partial charge in [-0.25, -0.2) is 9.59 Å². The number of aliphatic carboxylic acids is 4. The molecule has 0 aromatic rings. The van der Waals surface area contributed by atoms with E-state index in [2.05, 4.69) is 0 Å². The van der Waals surface area contributed by atoms with Crippen LogP contribution in [0.4, 0.5) is 13.2 Å². The minimum Gasteiger partial charge on any atom is -0.481 e. The summed E-state index contributed by atoms with van der Waals surface area (Å²) >= 11 is 0. The van der Waals surface area contributed by atoms with Crippen molar-refractivity contribution in [3.05, 3.63) is 0 Å². The summed E-state index contributed by atoms with van der Waals surface area (Å²) in [5.41, 5.74) is 5.05. The molecule has 0 radical (unpaired) electrons. The smallest absolute Gasteiger partial charge is 0.481 e. The fourth-order valence-corrected chi connectivity index (χ4v) is 0.915. The Labute approximate surface area is 130 Å². The summed E-state index contributed by atoms with van der Waals surface area (Å²) in [5.74, 6) is -8.03. The molecule has 0 saturated heterocycles. The summed E-state index contributed by atoms with van der Waals surface area (Å²) in [4.78, 5) is 51.2. The molecule has 0 spiro atoms. The van der Waals surface area contributed by atoms with E-state index in [4.69, 9.17) is 31.0 Å². The van der Waals surface area contributed by atoms with Crippen LogP contribution in [-0.2, 0) is 24.0 Å². The lowest BCUT2D eigenvalue weighted by molar-refractivity contribution is -0.192. The zero-order valence-corrected chi connectivity index (χ0v) is 11.6. The largest absolute Gasteiger partial charge is 0.490 e. The SMILES string of the molecule is N[C@@H](CC(=O)N[C@@H](CC(=O)O)C(=O)O)C(=O)O.O=C(O)C(F)(F)F. The highest BCUT2D eigenvalue weighted by Gasteiger charge is 2.38. The molecule has 0 heterocycles. The van der Waals surface area contributed by atoms with Gasteiger partial charge in [-0.05, 0) is 0 Å². The lowest BCUT2D eigenvalue weighted by atomic mass is 10.1. The first-order valence-corrected chi connectivity index (χ1v) is 5.70. The maximum absolute atomic E-state index is 11.1. The van der Waals surface area contributed by atoms with Crippen molar-refractivity contribution in [2.45, 2.75) is 31.1 Å². The van der Waals surface area contributed by atoms with Gasteiger partial charge >= 0.3 is 30.1 Å². The molecule has 0 aliphatic heterocycles.